The largest absolute Gasteiger partial charge is 0.296 e. The van der Waals surface area contributed by atoms with Crippen molar-refractivity contribution in [2.75, 3.05) is 0 Å². The molecule has 0 aliphatic heterocycles. The molecule has 0 saturated heterocycles. The summed E-state index contributed by atoms with van der Waals surface area (Å²) in [4.78, 5) is 21.3. The number of hydrogen-bond donors (Lipinski definition) is 0. The second kappa shape index (κ2) is 4.88. The highest BCUT2D eigenvalue weighted by Gasteiger charge is 2.21. The van der Waals surface area contributed by atoms with Crippen LogP contribution in [-0.2, 0) is 12.8 Å². The fourth-order valence-electron chi connectivity index (χ4n) is 2.65. The number of nitro groups is 1. The zero-order valence-corrected chi connectivity index (χ0v) is 10.8. The average Bonchev–Trinajstić information content (AvgIpc) is 2.86. The van der Waals surface area contributed by atoms with Gasteiger partial charge in [0.2, 0.25) is 0 Å². The molecule has 6 heteroatoms. The van der Waals surface area contributed by atoms with E-state index in [1.807, 2.05) is 0 Å². The van der Waals surface area contributed by atoms with E-state index in [0.29, 0.717) is 5.69 Å². The van der Waals surface area contributed by atoms with Crippen LogP contribution in [0.1, 0.15) is 34.6 Å². The first-order valence-corrected chi connectivity index (χ1v) is 6.51. The second-order valence-electron chi connectivity index (χ2n) is 4.82. The number of non-ortho nitro benzene ring substituents is 1. The van der Waals surface area contributed by atoms with Crippen molar-refractivity contribution in [1.82, 2.24) is 9.78 Å². The van der Waals surface area contributed by atoms with E-state index in [2.05, 4.69) is 5.10 Å². The molecule has 3 rings (SSSR count). The van der Waals surface area contributed by atoms with E-state index in [-0.39, 0.29) is 5.69 Å². The lowest BCUT2D eigenvalue weighted by atomic mass is 9.96. The van der Waals surface area contributed by atoms with Crippen molar-refractivity contribution in [2.24, 2.45) is 0 Å². The van der Waals surface area contributed by atoms with Gasteiger partial charge < -0.3 is 0 Å². The Kier molecular flexibility index (Phi) is 3.06. The number of nitro benzene ring substituents is 1. The van der Waals surface area contributed by atoms with Gasteiger partial charge in [0, 0.05) is 23.4 Å². The molecule has 0 atom stereocenters. The van der Waals surface area contributed by atoms with Crippen LogP contribution in [0.5, 0.6) is 0 Å². The molecule has 0 radical (unpaired) electrons. The predicted octanol–water partition coefficient (Wildman–Crippen LogP) is 2.47. The number of fused-ring (bicyclic) bond motifs is 1. The van der Waals surface area contributed by atoms with Crippen molar-refractivity contribution in [3.8, 4) is 5.69 Å². The molecule has 0 saturated carbocycles. The number of hydrogen-bond acceptors (Lipinski definition) is 4. The summed E-state index contributed by atoms with van der Waals surface area (Å²) >= 11 is 0. The Balaban J connectivity index is 2.07. The summed E-state index contributed by atoms with van der Waals surface area (Å²) in [6, 6.07) is 6.23. The van der Waals surface area contributed by atoms with Crippen molar-refractivity contribution < 1.29 is 9.72 Å². The van der Waals surface area contributed by atoms with E-state index in [1.165, 1.54) is 12.1 Å². The smallest absolute Gasteiger partial charge is 0.269 e. The molecule has 0 N–H and O–H groups in total. The molecule has 1 heterocycles. The van der Waals surface area contributed by atoms with Crippen molar-refractivity contribution >= 4 is 12.0 Å². The Bertz CT molecular complexity index is 674. The molecule has 0 fully saturated rings. The van der Waals surface area contributed by atoms with Crippen molar-refractivity contribution in [2.45, 2.75) is 25.7 Å². The minimum absolute atomic E-state index is 0.0467. The third-order valence-corrected chi connectivity index (χ3v) is 3.63. The maximum absolute atomic E-state index is 11.1. The van der Waals surface area contributed by atoms with Crippen LogP contribution < -0.4 is 0 Å². The molecular formula is C14H13N3O3. The van der Waals surface area contributed by atoms with Crippen molar-refractivity contribution in [3.63, 3.8) is 0 Å². The second-order valence-corrected chi connectivity index (χ2v) is 4.82. The Labute approximate surface area is 115 Å². The molecule has 1 aromatic heterocycles. The molecule has 6 nitrogen and oxygen atoms in total. The van der Waals surface area contributed by atoms with Gasteiger partial charge in [0.1, 0.15) is 5.69 Å². The maximum atomic E-state index is 11.1. The molecule has 2 aromatic rings. The van der Waals surface area contributed by atoms with Gasteiger partial charge in [0.25, 0.3) is 5.69 Å². The van der Waals surface area contributed by atoms with E-state index >= 15 is 0 Å². The van der Waals surface area contributed by atoms with Crippen LogP contribution >= 0.6 is 0 Å². The highest BCUT2D eigenvalue weighted by molar-refractivity contribution is 5.75. The first-order chi connectivity index (χ1) is 9.70. The first-order valence-electron chi connectivity index (χ1n) is 6.51. The van der Waals surface area contributed by atoms with Crippen molar-refractivity contribution in [3.05, 3.63) is 51.3 Å². The zero-order valence-electron chi connectivity index (χ0n) is 10.8. The quantitative estimate of drug-likeness (QED) is 0.488. The highest BCUT2D eigenvalue weighted by Crippen LogP contribution is 2.26. The summed E-state index contributed by atoms with van der Waals surface area (Å²) in [5.41, 5.74) is 3.35. The molecule has 0 spiro atoms. The minimum atomic E-state index is -0.431. The van der Waals surface area contributed by atoms with Crippen LogP contribution in [0.3, 0.4) is 0 Å². The third kappa shape index (κ3) is 1.99. The van der Waals surface area contributed by atoms with E-state index in [4.69, 9.17) is 0 Å². The van der Waals surface area contributed by atoms with Crippen LogP contribution in [0.2, 0.25) is 0 Å². The summed E-state index contributed by atoms with van der Waals surface area (Å²) in [6.07, 6.45) is 4.68. The highest BCUT2D eigenvalue weighted by atomic mass is 16.6. The maximum Gasteiger partial charge on any atom is 0.269 e. The molecule has 0 unspecified atom stereocenters. The fourth-order valence-corrected chi connectivity index (χ4v) is 2.65. The summed E-state index contributed by atoms with van der Waals surface area (Å²) < 4.78 is 1.74. The Morgan fingerprint density at radius 2 is 1.90 bits per heavy atom. The summed E-state index contributed by atoms with van der Waals surface area (Å²) in [5, 5.41) is 15.0. The molecule has 102 valence electrons. The van der Waals surface area contributed by atoms with Gasteiger partial charge >= 0.3 is 0 Å². The van der Waals surface area contributed by atoms with Gasteiger partial charge in [0.15, 0.2) is 6.29 Å². The summed E-state index contributed by atoms with van der Waals surface area (Å²) in [7, 11) is 0. The average molecular weight is 271 g/mol. The van der Waals surface area contributed by atoms with Gasteiger partial charge in [-0.2, -0.15) is 5.10 Å². The molecular weight excluding hydrogens is 258 g/mol. The standard InChI is InChI=1S/C14H13N3O3/c18-9-13-12-3-1-2-4-14(12)16(15-13)10-5-7-11(8-6-10)17(19)20/h5-9H,1-4H2. The van der Waals surface area contributed by atoms with E-state index in [9.17, 15) is 14.9 Å². The normalized spacial score (nSPS) is 13.8. The topological polar surface area (TPSA) is 78.0 Å². The lowest BCUT2D eigenvalue weighted by molar-refractivity contribution is -0.384. The number of benzene rings is 1. The van der Waals surface area contributed by atoms with Gasteiger partial charge in [-0.05, 0) is 37.8 Å². The number of aromatic nitrogens is 2. The SMILES string of the molecule is O=Cc1nn(-c2ccc([N+](=O)[O-])cc2)c2c1CCCC2. The molecule has 1 aliphatic carbocycles. The van der Waals surface area contributed by atoms with E-state index < -0.39 is 4.92 Å². The zero-order chi connectivity index (χ0) is 14.1. The third-order valence-electron chi connectivity index (χ3n) is 3.63. The van der Waals surface area contributed by atoms with Crippen LogP contribution in [0, 0.1) is 10.1 Å². The predicted molar refractivity (Wildman–Crippen MR) is 72.2 cm³/mol. The molecule has 0 bridgehead atoms. The molecule has 1 aromatic carbocycles. The molecule has 1 aliphatic rings. The Morgan fingerprint density at radius 3 is 2.55 bits per heavy atom. The molecule has 0 amide bonds. The summed E-state index contributed by atoms with van der Waals surface area (Å²) in [6.45, 7) is 0. The fraction of sp³-hybridized carbons (Fsp3) is 0.286. The minimum Gasteiger partial charge on any atom is -0.296 e. The number of nitrogens with zero attached hydrogens (tertiary/aromatic N) is 3. The lowest BCUT2D eigenvalue weighted by Gasteiger charge is -2.13. The van der Waals surface area contributed by atoms with Crippen LogP contribution in [0.4, 0.5) is 5.69 Å². The van der Waals surface area contributed by atoms with Crippen molar-refractivity contribution in [1.29, 1.82) is 0 Å². The van der Waals surface area contributed by atoms with Gasteiger partial charge in [-0.1, -0.05) is 0 Å². The first kappa shape index (κ1) is 12.5. The number of rotatable bonds is 3. The van der Waals surface area contributed by atoms with Crippen LogP contribution in [-0.4, -0.2) is 21.0 Å². The number of carbonyl (C=O) groups is 1. The van der Waals surface area contributed by atoms with Gasteiger partial charge in [-0.3, -0.25) is 14.9 Å². The summed E-state index contributed by atoms with van der Waals surface area (Å²) in [5.74, 6) is 0. The van der Waals surface area contributed by atoms with Gasteiger partial charge in [0.05, 0.1) is 10.6 Å². The van der Waals surface area contributed by atoms with E-state index in [1.54, 1.807) is 16.8 Å². The van der Waals surface area contributed by atoms with Gasteiger partial charge in [-0.25, -0.2) is 4.68 Å². The van der Waals surface area contributed by atoms with Gasteiger partial charge in [-0.15, -0.1) is 0 Å². The number of aldehydes is 1. The Morgan fingerprint density at radius 1 is 1.20 bits per heavy atom. The number of carbonyl (C=O) groups excluding carboxylic acids is 1. The van der Waals surface area contributed by atoms with Crippen LogP contribution in [0.15, 0.2) is 24.3 Å². The Hall–Kier alpha value is -2.50. The van der Waals surface area contributed by atoms with E-state index in [0.717, 1.165) is 48.9 Å². The lowest BCUT2D eigenvalue weighted by Crippen LogP contribution is -2.07. The van der Waals surface area contributed by atoms with Crippen LogP contribution in [0.25, 0.3) is 5.69 Å². The molecule has 20 heavy (non-hydrogen) atoms. The monoisotopic (exact) mass is 271 g/mol.